The molecule has 0 heterocycles. The summed E-state index contributed by atoms with van der Waals surface area (Å²) in [5.74, 6) is -2.41. The van der Waals surface area contributed by atoms with Gasteiger partial charge in [0.05, 0.1) is 17.6 Å². The van der Waals surface area contributed by atoms with Gasteiger partial charge in [0.15, 0.2) is 0 Å². The zero-order valence-electron chi connectivity index (χ0n) is 14.5. The number of aromatic hydroxyl groups is 2. The number of phenolic OH excluding ortho intramolecular Hbond substituents is 2. The van der Waals surface area contributed by atoms with Crippen molar-refractivity contribution in [2.24, 2.45) is 0 Å². The predicted molar refractivity (Wildman–Crippen MR) is 120 cm³/mol. The molecule has 0 aliphatic carbocycles. The lowest BCUT2D eigenvalue weighted by atomic mass is 10.0. The molecule has 0 bridgehead atoms. The van der Waals surface area contributed by atoms with Crippen molar-refractivity contribution in [1.29, 1.82) is 0 Å². The number of phenols is 2. The molecule has 11 heteroatoms. The summed E-state index contributed by atoms with van der Waals surface area (Å²) >= 11 is 3.84. The molecule has 29 heavy (non-hydrogen) atoms. The van der Waals surface area contributed by atoms with Crippen LogP contribution in [-0.4, -0.2) is 38.2 Å². The van der Waals surface area contributed by atoms with Gasteiger partial charge in [-0.25, -0.2) is 4.79 Å². The van der Waals surface area contributed by atoms with Crippen molar-refractivity contribution >= 4 is 63.1 Å². The van der Waals surface area contributed by atoms with E-state index in [1.807, 2.05) is 45.2 Å². The first-order valence-electron chi connectivity index (χ1n) is 7.93. The van der Waals surface area contributed by atoms with Gasteiger partial charge in [0, 0.05) is 12.5 Å². The molecule has 2 aromatic carbocycles. The van der Waals surface area contributed by atoms with Crippen LogP contribution in [0.4, 0.5) is 0 Å². The smallest absolute Gasteiger partial charge is 0.326 e. The number of nitrogens with zero attached hydrogens (tertiary/aromatic N) is 1. The predicted octanol–water partition coefficient (Wildman–Crippen LogP) is 2.98. The Morgan fingerprint density at radius 2 is 1.79 bits per heavy atom. The van der Waals surface area contributed by atoms with Crippen LogP contribution in [0.15, 0.2) is 36.5 Å². The lowest BCUT2D eigenvalue weighted by Crippen LogP contribution is -2.42. The zero-order valence-corrected chi connectivity index (χ0v) is 18.8. The van der Waals surface area contributed by atoms with E-state index < -0.39 is 28.6 Å². The highest BCUT2D eigenvalue weighted by atomic mass is 127. The molecule has 0 fully saturated rings. The Morgan fingerprint density at radius 3 is 2.34 bits per heavy atom. The van der Waals surface area contributed by atoms with Gasteiger partial charge in [-0.2, -0.15) is 0 Å². The number of hydrogen-bond acceptors (Lipinski definition) is 6. The van der Waals surface area contributed by atoms with E-state index in [2.05, 4.69) is 5.32 Å². The Balaban J connectivity index is 2.25. The van der Waals surface area contributed by atoms with Crippen LogP contribution in [0.3, 0.4) is 0 Å². The average Bonchev–Trinajstić information content (AvgIpc) is 2.64. The van der Waals surface area contributed by atoms with Crippen LogP contribution in [-0.2, 0) is 11.2 Å². The average molecular weight is 624 g/mol. The van der Waals surface area contributed by atoms with Crippen molar-refractivity contribution in [1.82, 2.24) is 5.32 Å². The Kier molecular flexibility index (Phi) is 7.78. The summed E-state index contributed by atoms with van der Waals surface area (Å²) in [5, 5.41) is 42.0. The number of halogens is 2. The lowest BCUT2D eigenvalue weighted by molar-refractivity contribution is -0.400. The van der Waals surface area contributed by atoms with E-state index in [1.54, 1.807) is 12.1 Å². The molecule has 9 nitrogen and oxygen atoms in total. The number of benzene rings is 2. The second kappa shape index (κ2) is 9.87. The molecule has 4 N–H and O–H groups in total. The molecule has 2 aromatic rings. The van der Waals surface area contributed by atoms with Crippen LogP contribution in [0.2, 0.25) is 0 Å². The highest BCUT2D eigenvalue weighted by molar-refractivity contribution is 14.1. The highest BCUT2D eigenvalue weighted by Gasteiger charge is 2.23. The summed E-state index contributed by atoms with van der Waals surface area (Å²) < 4.78 is 1.09. The minimum atomic E-state index is -1.30. The number of carbonyl (C=O) groups excluding carboxylic acids is 1. The van der Waals surface area contributed by atoms with Crippen LogP contribution in [0.25, 0.3) is 6.08 Å². The molecular formula is C18H14I2N2O7. The van der Waals surface area contributed by atoms with Gasteiger partial charge in [0.1, 0.15) is 17.5 Å². The number of nitrogens with one attached hydrogen (secondary N) is 1. The number of carboxylic acids is 1. The summed E-state index contributed by atoms with van der Waals surface area (Å²) in [6, 6.07) is 5.71. The minimum Gasteiger partial charge on any atom is -0.507 e. The molecule has 2 rings (SSSR count). The largest absolute Gasteiger partial charge is 0.507 e. The number of aliphatic carboxylic acids is 1. The molecule has 0 aliphatic rings. The first-order valence-corrected chi connectivity index (χ1v) is 10.1. The highest BCUT2D eigenvalue weighted by Crippen LogP contribution is 2.28. The van der Waals surface area contributed by atoms with E-state index in [-0.39, 0.29) is 17.7 Å². The molecular weight excluding hydrogens is 610 g/mol. The molecule has 0 saturated carbocycles. The van der Waals surface area contributed by atoms with E-state index >= 15 is 0 Å². The molecule has 0 spiro atoms. The number of amides is 1. The first-order chi connectivity index (χ1) is 13.6. The molecule has 0 saturated heterocycles. The summed E-state index contributed by atoms with van der Waals surface area (Å²) in [4.78, 5) is 33.9. The fourth-order valence-electron chi connectivity index (χ4n) is 2.39. The molecule has 1 amide bonds. The van der Waals surface area contributed by atoms with E-state index in [0.717, 1.165) is 6.08 Å². The van der Waals surface area contributed by atoms with Crippen LogP contribution < -0.4 is 5.32 Å². The summed E-state index contributed by atoms with van der Waals surface area (Å²) in [6.07, 6.45) is 1.78. The maximum Gasteiger partial charge on any atom is 0.326 e. The van der Waals surface area contributed by atoms with Crippen molar-refractivity contribution in [2.75, 3.05) is 0 Å². The van der Waals surface area contributed by atoms with Crippen LogP contribution in [0.1, 0.15) is 21.5 Å². The fourth-order valence-corrected chi connectivity index (χ4v) is 4.29. The number of carbonyl (C=O) groups is 2. The Bertz CT molecular complexity index is 985. The van der Waals surface area contributed by atoms with Crippen molar-refractivity contribution in [3.63, 3.8) is 0 Å². The molecule has 0 unspecified atom stereocenters. The van der Waals surface area contributed by atoms with E-state index in [1.165, 1.54) is 18.2 Å². The third kappa shape index (κ3) is 6.28. The van der Waals surface area contributed by atoms with E-state index in [0.29, 0.717) is 24.5 Å². The Morgan fingerprint density at radius 1 is 1.17 bits per heavy atom. The van der Waals surface area contributed by atoms with Gasteiger partial charge in [-0.3, -0.25) is 14.9 Å². The van der Waals surface area contributed by atoms with Gasteiger partial charge in [-0.15, -0.1) is 0 Å². The monoisotopic (exact) mass is 624 g/mol. The third-order valence-corrected chi connectivity index (χ3v) is 5.42. The first kappa shape index (κ1) is 22.9. The second-order valence-electron chi connectivity index (χ2n) is 5.85. The number of nitro groups is 1. The maximum atomic E-state index is 12.5. The molecule has 1 atom stereocenters. The van der Waals surface area contributed by atoms with Crippen LogP contribution >= 0.6 is 45.2 Å². The summed E-state index contributed by atoms with van der Waals surface area (Å²) in [6.45, 7) is 0. The van der Waals surface area contributed by atoms with Gasteiger partial charge in [0.25, 0.3) is 5.91 Å². The van der Waals surface area contributed by atoms with Gasteiger partial charge >= 0.3 is 5.97 Å². The van der Waals surface area contributed by atoms with Crippen molar-refractivity contribution in [3.05, 3.63) is 70.5 Å². The topological polar surface area (TPSA) is 150 Å². The third-order valence-electron chi connectivity index (χ3n) is 3.77. The molecule has 0 radical (unpaired) electrons. The van der Waals surface area contributed by atoms with Gasteiger partial charge in [-0.05, 0) is 80.6 Å². The normalized spacial score (nSPS) is 11.9. The molecule has 0 aliphatic heterocycles. The number of hydrogen-bond donors (Lipinski definition) is 4. The minimum absolute atomic E-state index is 0.0466. The Labute approximate surface area is 191 Å². The van der Waals surface area contributed by atoms with Crippen molar-refractivity contribution in [3.8, 4) is 11.5 Å². The SMILES string of the molecule is O=C(N[C@@H](Cc1cc(I)c(O)c(I)c1)C(=O)O)c1cc(/C=C/[N+](=O)[O-])ccc1O. The van der Waals surface area contributed by atoms with Crippen molar-refractivity contribution in [2.45, 2.75) is 12.5 Å². The molecule has 0 aromatic heterocycles. The summed E-state index contributed by atoms with van der Waals surface area (Å²) in [7, 11) is 0. The fraction of sp³-hybridized carbons (Fsp3) is 0.111. The van der Waals surface area contributed by atoms with Crippen LogP contribution in [0, 0.1) is 17.3 Å². The number of rotatable bonds is 7. The van der Waals surface area contributed by atoms with Gasteiger partial charge in [-0.1, -0.05) is 6.07 Å². The lowest BCUT2D eigenvalue weighted by Gasteiger charge is -2.16. The standard InChI is InChI=1S/C18H14I2N2O7/c19-12-6-10(7-13(20)16(12)24)8-14(18(26)27)21-17(25)11-5-9(1-2-15(11)23)3-4-22(28)29/h1-7,14,23-24H,8H2,(H,21,25)(H,26,27)/b4-3+/t14-/m0/s1. The summed E-state index contributed by atoms with van der Waals surface area (Å²) in [5.41, 5.74) is 0.673. The van der Waals surface area contributed by atoms with E-state index in [4.69, 9.17) is 0 Å². The van der Waals surface area contributed by atoms with Crippen molar-refractivity contribution < 1.29 is 29.8 Å². The van der Waals surface area contributed by atoms with Crippen LogP contribution in [0.5, 0.6) is 11.5 Å². The maximum absolute atomic E-state index is 12.5. The number of carboxylic acid groups (broad SMARTS) is 1. The van der Waals surface area contributed by atoms with E-state index in [9.17, 15) is 35.0 Å². The molecule has 152 valence electrons. The van der Waals surface area contributed by atoms with Gasteiger partial charge in [0.2, 0.25) is 6.20 Å². The second-order valence-corrected chi connectivity index (χ2v) is 8.18. The zero-order chi connectivity index (χ0) is 21.7. The van der Waals surface area contributed by atoms with Gasteiger partial charge < -0.3 is 20.6 Å². The quantitative estimate of drug-likeness (QED) is 0.210. The Hall–Kier alpha value is -2.42.